The Morgan fingerprint density at radius 1 is 1.35 bits per heavy atom. The molecule has 2 unspecified atom stereocenters. The first kappa shape index (κ1) is 13.6. The summed E-state index contributed by atoms with van der Waals surface area (Å²) in [5.41, 5.74) is 7.09. The molecule has 0 spiro atoms. The lowest BCUT2D eigenvalue weighted by molar-refractivity contribution is 0.188. The van der Waals surface area contributed by atoms with Crippen LogP contribution in [0.5, 0.6) is 0 Å². The zero-order valence-electron chi connectivity index (χ0n) is 12.3. The van der Waals surface area contributed by atoms with E-state index >= 15 is 0 Å². The van der Waals surface area contributed by atoms with Gasteiger partial charge in [0.25, 0.3) is 0 Å². The lowest BCUT2D eigenvalue weighted by Crippen LogP contribution is -2.43. The summed E-state index contributed by atoms with van der Waals surface area (Å²) in [6.07, 6.45) is 8.72. The highest BCUT2D eigenvalue weighted by atomic mass is 15.2. The third kappa shape index (κ3) is 2.73. The van der Waals surface area contributed by atoms with Gasteiger partial charge in [0, 0.05) is 24.2 Å². The van der Waals surface area contributed by atoms with Crippen molar-refractivity contribution in [2.75, 3.05) is 24.1 Å². The largest absolute Gasteiger partial charge is 0.383 e. The first-order chi connectivity index (χ1) is 9.78. The fraction of sp³-hybridized carbons (Fsp3) is 0.733. The average Bonchev–Trinajstić information content (AvgIpc) is 2.90. The number of hydrogen-bond acceptors (Lipinski definition) is 5. The molecule has 1 aromatic rings. The molecule has 3 N–H and O–H groups in total. The van der Waals surface area contributed by atoms with E-state index in [0.717, 1.165) is 30.3 Å². The minimum absolute atomic E-state index is 0.527. The molecule has 3 heterocycles. The van der Waals surface area contributed by atoms with Gasteiger partial charge in [-0.3, -0.25) is 0 Å². The van der Waals surface area contributed by atoms with Crippen molar-refractivity contribution < 1.29 is 0 Å². The summed E-state index contributed by atoms with van der Waals surface area (Å²) in [6, 6.07) is 1.30. The summed E-state index contributed by atoms with van der Waals surface area (Å²) in [5.74, 6) is 1.58. The van der Waals surface area contributed by atoms with E-state index in [1.54, 1.807) is 6.33 Å². The van der Waals surface area contributed by atoms with Crippen LogP contribution in [-0.4, -0.2) is 40.0 Å². The summed E-state index contributed by atoms with van der Waals surface area (Å²) in [6.45, 7) is 4.66. The fourth-order valence-electron chi connectivity index (χ4n) is 3.60. The smallest absolute Gasteiger partial charge is 0.134 e. The number of aromatic nitrogens is 2. The molecular weight excluding hydrogens is 250 g/mol. The molecule has 2 fully saturated rings. The summed E-state index contributed by atoms with van der Waals surface area (Å²) < 4.78 is 0. The molecule has 5 nitrogen and oxygen atoms in total. The molecule has 2 aliphatic heterocycles. The van der Waals surface area contributed by atoms with Crippen molar-refractivity contribution in [1.82, 2.24) is 14.9 Å². The Balaban J connectivity index is 1.70. The molecule has 3 rings (SSSR count). The number of fused-ring (bicyclic) bond motifs is 1. The second-order valence-corrected chi connectivity index (χ2v) is 6.03. The number of nitrogens with zero attached hydrogens (tertiary/aromatic N) is 3. The average molecular weight is 275 g/mol. The third-order valence-electron chi connectivity index (χ3n) is 4.64. The van der Waals surface area contributed by atoms with E-state index in [2.05, 4.69) is 27.1 Å². The SMILES string of the molecule is CCCc1c(N)ncnc1NC1CCN2CCCC2C1. The van der Waals surface area contributed by atoms with Crippen LogP contribution in [-0.2, 0) is 6.42 Å². The quantitative estimate of drug-likeness (QED) is 0.880. The van der Waals surface area contributed by atoms with Crippen LogP contribution in [0.1, 0.15) is 44.6 Å². The van der Waals surface area contributed by atoms with Crippen LogP contribution < -0.4 is 11.1 Å². The molecule has 0 amide bonds. The molecule has 2 aliphatic rings. The van der Waals surface area contributed by atoms with Gasteiger partial charge in [-0.1, -0.05) is 13.3 Å². The van der Waals surface area contributed by atoms with Crippen LogP contribution in [0.3, 0.4) is 0 Å². The topological polar surface area (TPSA) is 67.1 Å². The fourth-order valence-corrected chi connectivity index (χ4v) is 3.60. The van der Waals surface area contributed by atoms with E-state index < -0.39 is 0 Å². The summed E-state index contributed by atoms with van der Waals surface area (Å²) in [7, 11) is 0. The normalized spacial score (nSPS) is 26.4. The van der Waals surface area contributed by atoms with Gasteiger partial charge in [0.15, 0.2) is 0 Å². The van der Waals surface area contributed by atoms with Gasteiger partial charge in [-0.2, -0.15) is 0 Å². The number of anilines is 2. The molecule has 0 aromatic carbocycles. The second kappa shape index (κ2) is 5.95. The Hall–Kier alpha value is -1.36. The van der Waals surface area contributed by atoms with Gasteiger partial charge in [0.2, 0.25) is 0 Å². The maximum atomic E-state index is 6.00. The van der Waals surface area contributed by atoms with Crippen molar-refractivity contribution in [1.29, 1.82) is 0 Å². The minimum Gasteiger partial charge on any atom is -0.383 e. The summed E-state index contributed by atoms with van der Waals surface area (Å²) in [4.78, 5) is 11.2. The molecular formula is C15H25N5. The number of nitrogens with two attached hydrogens (primary N) is 1. The van der Waals surface area contributed by atoms with Crippen molar-refractivity contribution >= 4 is 11.6 Å². The second-order valence-electron chi connectivity index (χ2n) is 6.03. The van der Waals surface area contributed by atoms with Gasteiger partial charge in [-0.05, 0) is 38.6 Å². The number of hydrogen-bond donors (Lipinski definition) is 2. The summed E-state index contributed by atoms with van der Waals surface area (Å²) >= 11 is 0. The third-order valence-corrected chi connectivity index (χ3v) is 4.64. The molecule has 2 saturated heterocycles. The highest BCUT2D eigenvalue weighted by Crippen LogP contribution is 2.29. The Morgan fingerprint density at radius 3 is 3.10 bits per heavy atom. The van der Waals surface area contributed by atoms with Crippen molar-refractivity contribution in [3.05, 3.63) is 11.9 Å². The van der Waals surface area contributed by atoms with Crippen LogP contribution in [0.2, 0.25) is 0 Å². The zero-order valence-corrected chi connectivity index (χ0v) is 12.3. The minimum atomic E-state index is 0.527. The molecule has 0 bridgehead atoms. The number of piperidine rings is 1. The monoisotopic (exact) mass is 275 g/mol. The molecule has 110 valence electrons. The molecule has 5 heteroatoms. The predicted molar refractivity (Wildman–Crippen MR) is 81.7 cm³/mol. The van der Waals surface area contributed by atoms with Gasteiger partial charge in [0.1, 0.15) is 18.0 Å². The Bertz CT molecular complexity index is 462. The molecule has 20 heavy (non-hydrogen) atoms. The Kier molecular flexibility index (Phi) is 4.05. The van der Waals surface area contributed by atoms with Gasteiger partial charge in [0.05, 0.1) is 0 Å². The van der Waals surface area contributed by atoms with Crippen LogP contribution in [0.15, 0.2) is 6.33 Å². The van der Waals surface area contributed by atoms with Crippen LogP contribution in [0, 0.1) is 0 Å². The van der Waals surface area contributed by atoms with E-state index in [9.17, 15) is 0 Å². The van der Waals surface area contributed by atoms with Crippen LogP contribution in [0.25, 0.3) is 0 Å². The first-order valence-corrected chi connectivity index (χ1v) is 7.88. The van der Waals surface area contributed by atoms with Crippen LogP contribution in [0.4, 0.5) is 11.6 Å². The van der Waals surface area contributed by atoms with Crippen molar-refractivity contribution in [3.63, 3.8) is 0 Å². The first-order valence-electron chi connectivity index (χ1n) is 7.88. The van der Waals surface area contributed by atoms with Gasteiger partial charge >= 0.3 is 0 Å². The Morgan fingerprint density at radius 2 is 2.25 bits per heavy atom. The maximum absolute atomic E-state index is 6.00. The highest BCUT2D eigenvalue weighted by Gasteiger charge is 2.31. The predicted octanol–water partition coefficient (Wildman–Crippen LogP) is 2.05. The number of nitrogen functional groups attached to an aromatic ring is 1. The van der Waals surface area contributed by atoms with E-state index in [-0.39, 0.29) is 0 Å². The highest BCUT2D eigenvalue weighted by molar-refractivity contribution is 5.55. The van der Waals surface area contributed by atoms with E-state index in [1.165, 1.54) is 38.8 Å². The molecule has 2 atom stereocenters. The molecule has 0 radical (unpaired) electrons. The van der Waals surface area contributed by atoms with Gasteiger partial charge in [-0.15, -0.1) is 0 Å². The summed E-state index contributed by atoms with van der Waals surface area (Å²) in [5, 5.41) is 3.63. The Labute approximate surface area is 121 Å². The molecule has 1 aromatic heterocycles. The van der Waals surface area contributed by atoms with Gasteiger partial charge in [-0.25, -0.2) is 9.97 Å². The van der Waals surface area contributed by atoms with Crippen LogP contribution >= 0.6 is 0 Å². The van der Waals surface area contributed by atoms with Crippen molar-refractivity contribution in [3.8, 4) is 0 Å². The van der Waals surface area contributed by atoms with Crippen molar-refractivity contribution in [2.24, 2.45) is 0 Å². The van der Waals surface area contributed by atoms with Crippen molar-refractivity contribution in [2.45, 2.75) is 57.5 Å². The van der Waals surface area contributed by atoms with Gasteiger partial charge < -0.3 is 16.0 Å². The standard InChI is InChI=1S/C15H25N5/c1-2-4-13-14(16)17-10-18-15(13)19-11-6-8-20-7-3-5-12(20)9-11/h10-12H,2-9H2,1H3,(H3,16,17,18,19). The van der Waals surface area contributed by atoms with E-state index in [4.69, 9.17) is 5.73 Å². The molecule has 0 saturated carbocycles. The lowest BCUT2D eigenvalue weighted by atomic mass is 9.97. The number of rotatable bonds is 4. The maximum Gasteiger partial charge on any atom is 0.134 e. The number of nitrogens with one attached hydrogen (secondary N) is 1. The van der Waals surface area contributed by atoms with E-state index in [1.807, 2.05) is 0 Å². The van der Waals surface area contributed by atoms with E-state index in [0.29, 0.717) is 11.9 Å². The molecule has 0 aliphatic carbocycles. The zero-order chi connectivity index (χ0) is 13.9. The lowest BCUT2D eigenvalue weighted by Gasteiger charge is -2.35.